The molecule has 5 heteroatoms. The second-order valence-electron chi connectivity index (χ2n) is 4.17. The second kappa shape index (κ2) is 5.07. The van der Waals surface area contributed by atoms with E-state index in [2.05, 4.69) is 19.9 Å². The Kier molecular flexibility index (Phi) is 3.12. The Morgan fingerprint density at radius 2 is 1.74 bits per heavy atom. The van der Waals surface area contributed by atoms with Gasteiger partial charge in [0, 0.05) is 36.3 Å². The molecule has 3 aromatic rings. The van der Waals surface area contributed by atoms with E-state index in [0.29, 0.717) is 12.4 Å². The molecule has 0 saturated heterocycles. The minimum atomic E-state index is 0.583. The van der Waals surface area contributed by atoms with E-state index < -0.39 is 0 Å². The zero-order chi connectivity index (χ0) is 13.1. The maximum Gasteiger partial charge on any atom is 0.159 e. The van der Waals surface area contributed by atoms with Gasteiger partial charge < -0.3 is 5.73 Å². The molecule has 0 bridgehead atoms. The molecule has 0 amide bonds. The molecule has 0 radical (unpaired) electrons. The summed E-state index contributed by atoms with van der Waals surface area (Å²) < 4.78 is 0. The highest BCUT2D eigenvalue weighted by Crippen LogP contribution is 2.19. The summed E-state index contributed by atoms with van der Waals surface area (Å²) in [6.45, 7) is 0.583. The van der Waals surface area contributed by atoms with Crippen LogP contribution in [0.2, 0.25) is 0 Å². The van der Waals surface area contributed by atoms with Crippen LogP contribution in [0, 0.1) is 0 Å². The number of hydrogen-bond donors (Lipinski definition) is 1. The smallest absolute Gasteiger partial charge is 0.159 e. The summed E-state index contributed by atoms with van der Waals surface area (Å²) in [5.74, 6) is 0.693. The Hall–Kier alpha value is -2.40. The van der Waals surface area contributed by atoms with Gasteiger partial charge >= 0.3 is 0 Å². The summed E-state index contributed by atoms with van der Waals surface area (Å²) in [7, 11) is 0. The fourth-order valence-corrected chi connectivity index (χ4v) is 1.92. The Bertz CT molecular complexity index is 711. The third kappa shape index (κ3) is 2.41. The van der Waals surface area contributed by atoms with Crippen molar-refractivity contribution in [2.75, 3.05) is 6.54 Å². The van der Waals surface area contributed by atoms with E-state index >= 15 is 0 Å². The van der Waals surface area contributed by atoms with Crippen molar-refractivity contribution in [3.8, 4) is 11.4 Å². The average Bonchev–Trinajstić information content (AvgIpc) is 2.47. The van der Waals surface area contributed by atoms with Crippen LogP contribution in [0.5, 0.6) is 0 Å². The molecule has 0 atom stereocenters. The zero-order valence-corrected chi connectivity index (χ0v) is 10.3. The van der Waals surface area contributed by atoms with Crippen LogP contribution < -0.4 is 5.73 Å². The van der Waals surface area contributed by atoms with Gasteiger partial charge in [-0.3, -0.25) is 9.97 Å². The minimum absolute atomic E-state index is 0.583. The van der Waals surface area contributed by atoms with E-state index in [9.17, 15) is 0 Å². The molecule has 0 aliphatic rings. The largest absolute Gasteiger partial charge is 0.330 e. The lowest BCUT2D eigenvalue weighted by molar-refractivity contribution is 0.913. The highest BCUT2D eigenvalue weighted by molar-refractivity contribution is 5.79. The number of rotatable bonds is 3. The van der Waals surface area contributed by atoms with E-state index in [4.69, 9.17) is 5.73 Å². The quantitative estimate of drug-likeness (QED) is 0.764. The first-order chi connectivity index (χ1) is 9.36. The van der Waals surface area contributed by atoms with Crippen molar-refractivity contribution >= 4 is 11.0 Å². The lowest BCUT2D eigenvalue weighted by Gasteiger charge is -2.04. The molecule has 2 heterocycles. The molecular weight excluding hydrogens is 238 g/mol. The molecule has 2 N–H and O–H groups in total. The number of hydrogen-bond acceptors (Lipinski definition) is 5. The molecule has 0 saturated carbocycles. The summed E-state index contributed by atoms with van der Waals surface area (Å²) in [4.78, 5) is 17.3. The summed E-state index contributed by atoms with van der Waals surface area (Å²) in [5.41, 5.74) is 9.14. The maximum absolute atomic E-state index is 5.55. The molecule has 94 valence electrons. The fraction of sp³-hybridized carbons (Fsp3) is 0.143. The minimum Gasteiger partial charge on any atom is -0.330 e. The number of benzene rings is 1. The molecule has 1 aromatic carbocycles. The molecule has 0 unspecified atom stereocenters. The van der Waals surface area contributed by atoms with Crippen molar-refractivity contribution in [3.63, 3.8) is 0 Å². The van der Waals surface area contributed by atoms with Crippen molar-refractivity contribution in [3.05, 3.63) is 48.5 Å². The van der Waals surface area contributed by atoms with Crippen LogP contribution in [-0.4, -0.2) is 26.5 Å². The first-order valence-corrected chi connectivity index (χ1v) is 6.10. The molecule has 0 aliphatic carbocycles. The third-order valence-corrected chi connectivity index (χ3v) is 2.84. The topological polar surface area (TPSA) is 77.6 Å². The normalized spacial score (nSPS) is 10.8. The third-order valence-electron chi connectivity index (χ3n) is 2.84. The monoisotopic (exact) mass is 251 g/mol. The van der Waals surface area contributed by atoms with Crippen molar-refractivity contribution in [2.24, 2.45) is 5.73 Å². The van der Waals surface area contributed by atoms with Crippen molar-refractivity contribution < 1.29 is 0 Å². The SMILES string of the molecule is NCCc1ccnc(-c2ccc3nccnc3c2)n1. The van der Waals surface area contributed by atoms with Crippen molar-refractivity contribution in [2.45, 2.75) is 6.42 Å². The van der Waals surface area contributed by atoms with Crippen molar-refractivity contribution in [1.82, 2.24) is 19.9 Å². The summed E-state index contributed by atoms with van der Waals surface area (Å²) in [5, 5.41) is 0. The van der Waals surface area contributed by atoms with E-state index in [0.717, 1.165) is 28.7 Å². The Morgan fingerprint density at radius 1 is 0.895 bits per heavy atom. The van der Waals surface area contributed by atoms with Gasteiger partial charge in [-0.25, -0.2) is 9.97 Å². The van der Waals surface area contributed by atoms with Crippen LogP contribution in [0.1, 0.15) is 5.69 Å². The molecule has 0 fully saturated rings. The van der Waals surface area contributed by atoms with Gasteiger partial charge in [0.15, 0.2) is 5.82 Å². The van der Waals surface area contributed by atoms with Crippen LogP contribution in [0.4, 0.5) is 0 Å². The summed E-state index contributed by atoms with van der Waals surface area (Å²) in [6.07, 6.45) is 5.87. The predicted molar refractivity (Wildman–Crippen MR) is 73.3 cm³/mol. The fourth-order valence-electron chi connectivity index (χ4n) is 1.92. The van der Waals surface area contributed by atoms with Crippen LogP contribution in [-0.2, 0) is 6.42 Å². The number of nitrogens with zero attached hydrogens (tertiary/aromatic N) is 4. The van der Waals surface area contributed by atoms with Gasteiger partial charge in [-0.15, -0.1) is 0 Å². The zero-order valence-electron chi connectivity index (χ0n) is 10.3. The Labute approximate surface area is 110 Å². The van der Waals surface area contributed by atoms with Gasteiger partial charge in [0.05, 0.1) is 11.0 Å². The Morgan fingerprint density at radius 3 is 2.58 bits per heavy atom. The molecule has 3 rings (SSSR count). The van der Waals surface area contributed by atoms with Gasteiger partial charge in [-0.1, -0.05) is 0 Å². The summed E-state index contributed by atoms with van der Waals surface area (Å²) >= 11 is 0. The van der Waals surface area contributed by atoms with Gasteiger partial charge in [-0.05, 0) is 30.8 Å². The molecule has 0 aliphatic heterocycles. The lowest BCUT2D eigenvalue weighted by Crippen LogP contribution is -2.05. The molecule has 19 heavy (non-hydrogen) atoms. The number of aromatic nitrogens is 4. The predicted octanol–water partition coefficient (Wildman–Crippen LogP) is 1.59. The molecular formula is C14H13N5. The van der Waals surface area contributed by atoms with E-state index in [1.54, 1.807) is 18.6 Å². The van der Waals surface area contributed by atoms with E-state index in [1.807, 2.05) is 24.3 Å². The highest BCUT2D eigenvalue weighted by Gasteiger charge is 2.04. The second-order valence-corrected chi connectivity index (χ2v) is 4.17. The van der Waals surface area contributed by atoms with Gasteiger partial charge in [0.2, 0.25) is 0 Å². The Balaban J connectivity index is 2.05. The van der Waals surface area contributed by atoms with E-state index in [1.165, 1.54) is 0 Å². The van der Waals surface area contributed by atoms with Gasteiger partial charge in [0.1, 0.15) is 0 Å². The molecule has 0 spiro atoms. The average molecular weight is 251 g/mol. The van der Waals surface area contributed by atoms with Crippen LogP contribution in [0.3, 0.4) is 0 Å². The maximum atomic E-state index is 5.55. The van der Waals surface area contributed by atoms with Crippen LogP contribution >= 0.6 is 0 Å². The van der Waals surface area contributed by atoms with Gasteiger partial charge in [-0.2, -0.15) is 0 Å². The molecule has 2 aromatic heterocycles. The lowest BCUT2D eigenvalue weighted by atomic mass is 10.1. The molecule has 5 nitrogen and oxygen atoms in total. The number of nitrogens with two attached hydrogens (primary N) is 1. The van der Waals surface area contributed by atoms with Crippen LogP contribution in [0.25, 0.3) is 22.4 Å². The standard InChI is InChI=1S/C14H13N5/c15-5-3-11-4-6-18-14(19-11)10-1-2-12-13(9-10)17-8-7-16-12/h1-2,4,6-9H,3,5,15H2. The van der Waals surface area contributed by atoms with Crippen molar-refractivity contribution in [1.29, 1.82) is 0 Å². The summed E-state index contributed by atoms with van der Waals surface area (Å²) in [6, 6.07) is 7.72. The van der Waals surface area contributed by atoms with E-state index in [-0.39, 0.29) is 0 Å². The highest BCUT2D eigenvalue weighted by atomic mass is 14.9. The number of fused-ring (bicyclic) bond motifs is 1. The first-order valence-electron chi connectivity index (χ1n) is 6.10. The van der Waals surface area contributed by atoms with Gasteiger partial charge in [0.25, 0.3) is 0 Å². The van der Waals surface area contributed by atoms with Crippen LogP contribution in [0.15, 0.2) is 42.9 Å². The first kappa shape index (κ1) is 11.7.